The first kappa shape index (κ1) is 15.1. The van der Waals surface area contributed by atoms with Gasteiger partial charge < -0.3 is 9.47 Å². The van der Waals surface area contributed by atoms with Crippen LogP contribution in [0.2, 0.25) is 5.02 Å². The molecule has 5 heteroatoms. The molecule has 21 heavy (non-hydrogen) atoms. The molecule has 0 amide bonds. The van der Waals surface area contributed by atoms with Crippen molar-refractivity contribution < 1.29 is 19.1 Å². The second-order valence-electron chi connectivity index (χ2n) is 4.21. The molecule has 0 unspecified atom stereocenters. The average Bonchev–Trinajstić information content (AvgIpc) is 2.52. The summed E-state index contributed by atoms with van der Waals surface area (Å²) in [5, 5.41) is 0.357. The summed E-state index contributed by atoms with van der Waals surface area (Å²) in [6.07, 6.45) is 0. The van der Waals surface area contributed by atoms with Crippen LogP contribution in [-0.4, -0.2) is 25.5 Å². The van der Waals surface area contributed by atoms with Crippen LogP contribution in [0, 0.1) is 0 Å². The summed E-state index contributed by atoms with van der Waals surface area (Å²) in [7, 11) is 1.25. The van der Waals surface area contributed by atoms with Crippen molar-refractivity contribution in [2.24, 2.45) is 0 Å². The molecule has 0 heterocycles. The van der Waals surface area contributed by atoms with E-state index in [1.165, 1.54) is 19.2 Å². The van der Waals surface area contributed by atoms with Gasteiger partial charge in [-0.3, -0.25) is 4.79 Å². The average molecular weight is 305 g/mol. The number of carbonyl (C=O) groups is 2. The van der Waals surface area contributed by atoms with Gasteiger partial charge in [0.15, 0.2) is 6.61 Å². The lowest BCUT2D eigenvalue weighted by atomic mass is 10.0. The summed E-state index contributed by atoms with van der Waals surface area (Å²) in [6.45, 7) is -0.171. The third-order valence-electron chi connectivity index (χ3n) is 2.80. The number of Topliss-reactive ketones (excluding diaryl/α,β-unsaturated/α-hetero) is 1. The van der Waals surface area contributed by atoms with E-state index < -0.39 is 5.97 Å². The Labute approximate surface area is 127 Å². The number of benzene rings is 2. The third kappa shape index (κ3) is 3.83. The Bertz CT molecular complexity index is 653. The lowest BCUT2D eigenvalue weighted by Crippen LogP contribution is -2.16. The Balaban J connectivity index is 2.17. The molecule has 0 radical (unpaired) electrons. The van der Waals surface area contributed by atoms with Crippen molar-refractivity contribution in [3.05, 3.63) is 64.7 Å². The van der Waals surface area contributed by atoms with Crippen LogP contribution in [0.25, 0.3) is 0 Å². The number of methoxy groups -OCH3 is 1. The summed E-state index contributed by atoms with van der Waals surface area (Å²) in [6, 6.07) is 13.4. The van der Waals surface area contributed by atoms with Gasteiger partial charge in [-0.1, -0.05) is 29.8 Å². The lowest BCUT2D eigenvalue weighted by Gasteiger charge is -2.09. The van der Waals surface area contributed by atoms with Crippen LogP contribution in [0.1, 0.15) is 20.7 Å². The number of ether oxygens (including phenoxy) is 2. The van der Waals surface area contributed by atoms with Crippen LogP contribution in [0.4, 0.5) is 0 Å². The highest BCUT2D eigenvalue weighted by Gasteiger charge is 2.18. The zero-order chi connectivity index (χ0) is 15.2. The van der Waals surface area contributed by atoms with Gasteiger partial charge in [0.25, 0.3) is 0 Å². The molecule has 0 aliphatic carbocycles. The molecule has 0 fully saturated rings. The molecule has 4 nitrogen and oxygen atoms in total. The number of hydrogen-bond donors (Lipinski definition) is 0. The highest BCUT2D eigenvalue weighted by molar-refractivity contribution is 6.31. The predicted octanol–water partition coefficient (Wildman–Crippen LogP) is 3.39. The van der Waals surface area contributed by atoms with Crippen LogP contribution in [0.5, 0.6) is 5.75 Å². The van der Waals surface area contributed by atoms with Crippen molar-refractivity contribution in [3.8, 4) is 5.75 Å². The monoisotopic (exact) mass is 304 g/mol. The van der Waals surface area contributed by atoms with E-state index in [1.54, 1.807) is 18.2 Å². The Morgan fingerprint density at radius 2 is 1.76 bits per heavy atom. The fraction of sp³-hybridized carbons (Fsp3) is 0.125. The maximum absolute atomic E-state index is 12.2. The molecule has 0 saturated carbocycles. The lowest BCUT2D eigenvalue weighted by molar-refractivity contribution is 0.0596. The van der Waals surface area contributed by atoms with Crippen LogP contribution >= 0.6 is 11.6 Å². The van der Waals surface area contributed by atoms with Gasteiger partial charge in [-0.05, 0) is 30.3 Å². The third-order valence-corrected chi connectivity index (χ3v) is 3.04. The summed E-state index contributed by atoms with van der Waals surface area (Å²) in [5.41, 5.74) is 0.355. The number of esters is 1. The van der Waals surface area contributed by atoms with E-state index in [9.17, 15) is 9.59 Å². The normalized spacial score (nSPS) is 10.0. The van der Waals surface area contributed by atoms with Gasteiger partial charge in [-0.15, -0.1) is 0 Å². The number of halogens is 1. The predicted molar refractivity (Wildman–Crippen MR) is 79.1 cm³/mol. The zero-order valence-electron chi connectivity index (χ0n) is 11.3. The molecule has 0 spiro atoms. The first-order valence-electron chi connectivity index (χ1n) is 6.20. The molecule has 0 aliphatic rings. The second-order valence-corrected chi connectivity index (χ2v) is 4.64. The zero-order valence-corrected chi connectivity index (χ0v) is 12.1. The number of rotatable bonds is 5. The highest BCUT2D eigenvalue weighted by atomic mass is 35.5. The van der Waals surface area contributed by atoms with Crippen LogP contribution in [0.3, 0.4) is 0 Å². The fourth-order valence-electron chi connectivity index (χ4n) is 1.78. The van der Waals surface area contributed by atoms with Crippen LogP contribution in [-0.2, 0) is 4.74 Å². The van der Waals surface area contributed by atoms with Gasteiger partial charge in [0.2, 0.25) is 5.78 Å². The van der Waals surface area contributed by atoms with Gasteiger partial charge in [-0.2, -0.15) is 0 Å². The standard InChI is InChI=1S/C16H13ClO4/c1-20-16(19)14-9-11(17)7-8-13(14)15(18)10-21-12-5-3-2-4-6-12/h2-9H,10H2,1H3. The van der Waals surface area contributed by atoms with E-state index in [-0.39, 0.29) is 23.5 Å². The molecule has 0 aromatic heterocycles. The number of carbonyl (C=O) groups excluding carboxylic acids is 2. The Morgan fingerprint density at radius 3 is 2.43 bits per heavy atom. The quantitative estimate of drug-likeness (QED) is 0.627. The fourth-order valence-corrected chi connectivity index (χ4v) is 1.95. The van der Waals surface area contributed by atoms with Crippen molar-refractivity contribution in [3.63, 3.8) is 0 Å². The maximum Gasteiger partial charge on any atom is 0.338 e. The molecule has 2 aromatic carbocycles. The number of hydrogen-bond acceptors (Lipinski definition) is 4. The molecule has 0 saturated heterocycles. The summed E-state index contributed by atoms with van der Waals surface area (Å²) in [4.78, 5) is 23.9. The second kappa shape index (κ2) is 6.90. The smallest absolute Gasteiger partial charge is 0.338 e. The van der Waals surface area contributed by atoms with Gasteiger partial charge in [0.05, 0.1) is 12.7 Å². The van der Waals surface area contributed by atoms with Gasteiger partial charge in [0, 0.05) is 10.6 Å². The van der Waals surface area contributed by atoms with Crippen molar-refractivity contribution in [2.45, 2.75) is 0 Å². The Hall–Kier alpha value is -2.33. The highest BCUT2D eigenvalue weighted by Crippen LogP contribution is 2.18. The van der Waals surface area contributed by atoms with E-state index in [0.29, 0.717) is 10.8 Å². The minimum absolute atomic E-state index is 0.131. The van der Waals surface area contributed by atoms with E-state index in [0.717, 1.165) is 0 Å². The minimum Gasteiger partial charge on any atom is -0.485 e. The minimum atomic E-state index is -0.611. The van der Waals surface area contributed by atoms with Crippen LogP contribution < -0.4 is 4.74 Å². The largest absolute Gasteiger partial charge is 0.485 e. The SMILES string of the molecule is COC(=O)c1cc(Cl)ccc1C(=O)COc1ccccc1. The van der Waals surface area contributed by atoms with Crippen molar-refractivity contribution in [1.82, 2.24) is 0 Å². The molecule has 2 aromatic rings. The van der Waals surface area contributed by atoms with Crippen molar-refractivity contribution in [1.29, 1.82) is 0 Å². The van der Waals surface area contributed by atoms with Crippen molar-refractivity contribution >= 4 is 23.4 Å². The summed E-state index contributed by atoms with van der Waals surface area (Å²) >= 11 is 5.85. The molecule has 108 valence electrons. The Kier molecular flexibility index (Phi) is 4.95. The van der Waals surface area contributed by atoms with E-state index in [1.807, 2.05) is 18.2 Å². The topological polar surface area (TPSA) is 52.6 Å². The molecule has 0 bridgehead atoms. The first-order valence-corrected chi connectivity index (χ1v) is 6.58. The molecule has 0 aliphatic heterocycles. The van der Waals surface area contributed by atoms with Crippen LogP contribution in [0.15, 0.2) is 48.5 Å². The number of para-hydroxylation sites is 1. The van der Waals surface area contributed by atoms with E-state index in [4.69, 9.17) is 16.3 Å². The van der Waals surface area contributed by atoms with E-state index in [2.05, 4.69) is 4.74 Å². The van der Waals surface area contributed by atoms with Gasteiger partial charge in [-0.25, -0.2) is 4.79 Å². The molecule has 2 rings (SSSR count). The Morgan fingerprint density at radius 1 is 1.05 bits per heavy atom. The molecule has 0 atom stereocenters. The summed E-state index contributed by atoms with van der Waals surface area (Å²) in [5.74, 6) is -0.351. The van der Waals surface area contributed by atoms with Gasteiger partial charge >= 0.3 is 5.97 Å². The maximum atomic E-state index is 12.2. The van der Waals surface area contributed by atoms with E-state index >= 15 is 0 Å². The molecular weight excluding hydrogens is 292 g/mol. The van der Waals surface area contributed by atoms with Gasteiger partial charge in [0.1, 0.15) is 5.75 Å². The molecular formula is C16H13ClO4. The first-order chi connectivity index (χ1) is 10.1. The van der Waals surface area contributed by atoms with Crippen molar-refractivity contribution in [2.75, 3.05) is 13.7 Å². The summed E-state index contributed by atoms with van der Waals surface area (Å²) < 4.78 is 10.0. The molecule has 0 N–H and O–H groups in total. The number of ketones is 1.